The van der Waals surface area contributed by atoms with Gasteiger partial charge in [0.2, 0.25) is 0 Å². The van der Waals surface area contributed by atoms with Gasteiger partial charge in [0.05, 0.1) is 19.1 Å². The summed E-state index contributed by atoms with van der Waals surface area (Å²) in [4.78, 5) is 11.4. The first-order valence-corrected chi connectivity index (χ1v) is 9.04. The van der Waals surface area contributed by atoms with Crippen LogP contribution in [0.25, 0.3) is 0 Å². The van der Waals surface area contributed by atoms with Gasteiger partial charge in [-0.2, -0.15) is 0 Å². The second-order valence-corrected chi connectivity index (χ2v) is 11.0. The number of cyclic esters (lactones) is 1. The second kappa shape index (κ2) is 5.08. The fourth-order valence-electron chi connectivity index (χ4n) is 1.64. The molecule has 0 aromatic heterocycles. The summed E-state index contributed by atoms with van der Waals surface area (Å²) in [5.74, 6) is -0.265. The van der Waals surface area contributed by atoms with Crippen LogP contribution in [0, 0.1) is 0 Å². The van der Waals surface area contributed by atoms with Crippen LogP contribution in [0.5, 0.6) is 0 Å². The highest BCUT2D eigenvalue weighted by atomic mass is 28.4. The van der Waals surface area contributed by atoms with Gasteiger partial charge in [-0.25, -0.2) is 0 Å². The summed E-state index contributed by atoms with van der Waals surface area (Å²) >= 11 is 0. The number of aliphatic hydroxyl groups is 1. The zero-order chi connectivity index (χ0) is 13.3. The summed E-state index contributed by atoms with van der Waals surface area (Å²) in [6.07, 6.45) is 0.415. The SMILES string of the molecule is CC(C)(C)[Si](C)(C)OC1CC(=O)O[C@H](CO)C1. The van der Waals surface area contributed by atoms with E-state index in [1.807, 2.05) is 0 Å². The van der Waals surface area contributed by atoms with Crippen molar-refractivity contribution in [3.05, 3.63) is 0 Å². The minimum absolute atomic E-state index is 0.103. The van der Waals surface area contributed by atoms with E-state index in [1.54, 1.807) is 0 Å². The van der Waals surface area contributed by atoms with E-state index in [0.29, 0.717) is 12.8 Å². The van der Waals surface area contributed by atoms with Crippen LogP contribution in [0.2, 0.25) is 18.1 Å². The van der Waals surface area contributed by atoms with Crippen molar-refractivity contribution in [3.8, 4) is 0 Å². The van der Waals surface area contributed by atoms with E-state index in [9.17, 15) is 4.79 Å². The molecule has 0 aromatic carbocycles. The maximum absolute atomic E-state index is 11.4. The van der Waals surface area contributed by atoms with Gasteiger partial charge in [-0.3, -0.25) is 4.79 Å². The molecule has 0 aromatic rings. The predicted molar refractivity (Wildman–Crippen MR) is 68.3 cm³/mol. The molecule has 1 rings (SSSR count). The number of aliphatic hydroxyl groups excluding tert-OH is 1. The van der Waals surface area contributed by atoms with Crippen LogP contribution in [0.3, 0.4) is 0 Å². The summed E-state index contributed by atoms with van der Waals surface area (Å²) in [5.41, 5.74) is 0. The van der Waals surface area contributed by atoms with Gasteiger partial charge in [-0.15, -0.1) is 0 Å². The first-order valence-electron chi connectivity index (χ1n) is 6.14. The molecule has 0 aliphatic carbocycles. The summed E-state index contributed by atoms with van der Waals surface area (Å²) in [6, 6.07) is 0. The lowest BCUT2D eigenvalue weighted by Crippen LogP contribution is -2.47. The van der Waals surface area contributed by atoms with Crippen LogP contribution in [0.1, 0.15) is 33.6 Å². The van der Waals surface area contributed by atoms with E-state index in [4.69, 9.17) is 14.3 Å². The molecule has 2 atom stereocenters. The Kier molecular flexibility index (Phi) is 4.38. The van der Waals surface area contributed by atoms with Crippen LogP contribution in [-0.2, 0) is 14.0 Å². The molecule has 1 aliphatic rings. The van der Waals surface area contributed by atoms with Gasteiger partial charge in [0.25, 0.3) is 0 Å². The van der Waals surface area contributed by atoms with Gasteiger partial charge >= 0.3 is 5.97 Å². The Hall–Kier alpha value is -0.393. The topological polar surface area (TPSA) is 55.8 Å². The minimum atomic E-state index is -1.85. The summed E-state index contributed by atoms with van der Waals surface area (Å²) in [7, 11) is -1.85. The van der Waals surface area contributed by atoms with Gasteiger partial charge in [0.15, 0.2) is 8.32 Å². The molecule has 0 bridgehead atoms. The molecule has 5 heteroatoms. The third kappa shape index (κ3) is 3.79. The number of hydrogen-bond donors (Lipinski definition) is 1. The molecular weight excluding hydrogens is 236 g/mol. The lowest BCUT2D eigenvalue weighted by molar-refractivity contribution is -0.162. The van der Waals surface area contributed by atoms with Gasteiger partial charge < -0.3 is 14.3 Å². The highest BCUT2D eigenvalue weighted by Gasteiger charge is 2.41. The predicted octanol–water partition coefficient (Wildman–Crippen LogP) is 2.07. The minimum Gasteiger partial charge on any atom is -0.460 e. The molecular formula is C12H24O4Si. The molecule has 1 saturated heterocycles. The molecule has 100 valence electrons. The van der Waals surface area contributed by atoms with Crippen molar-refractivity contribution in [2.45, 2.75) is 64.0 Å². The van der Waals surface area contributed by atoms with Crippen molar-refractivity contribution in [2.75, 3.05) is 6.61 Å². The number of rotatable bonds is 3. The highest BCUT2D eigenvalue weighted by molar-refractivity contribution is 6.74. The Balaban J connectivity index is 2.65. The zero-order valence-corrected chi connectivity index (χ0v) is 12.4. The summed E-state index contributed by atoms with van der Waals surface area (Å²) in [5, 5.41) is 9.19. The maximum atomic E-state index is 11.4. The van der Waals surface area contributed by atoms with Crippen LogP contribution in [0.15, 0.2) is 0 Å². The zero-order valence-electron chi connectivity index (χ0n) is 11.4. The average molecular weight is 260 g/mol. The molecule has 17 heavy (non-hydrogen) atoms. The third-order valence-corrected chi connectivity index (χ3v) is 8.22. The number of carbonyl (C=O) groups excluding carboxylic acids is 1. The van der Waals surface area contributed by atoms with E-state index < -0.39 is 14.4 Å². The van der Waals surface area contributed by atoms with E-state index >= 15 is 0 Å². The van der Waals surface area contributed by atoms with Gasteiger partial charge in [-0.05, 0) is 18.1 Å². The third-order valence-electron chi connectivity index (χ3n) is 3.69. The van der Waals surface area contributed by atoms with Crippen LogP contribution in [0.4, 0.5) is 0 Å². The number of ether oxygens (including phenoxy) is 1. The fraction of sp³-hybridized carbons (Fsp3) is 0.917. The van der Waals surface area contributed by atoms with Crippen molar-refractivity contribution in [3.63, 3.8) is 0 Å². The summed E-state index contributed by atoms with van der Waals surface area (Å²) in [6.45, 7) is 10.7. The Morgan fingerprint density at radius 1 is 1.47 bits per heavy atom. The van der Waals surface area contributed by atoms with Crippen LogP contribution in [-0.4, -0.2) is 38.2 Å². The Morgan fingerprint density at radius 2 is 2.06 bits per heavy atom. The molecule has 1 N–H and O–H groups in total. The second-order valence-electron chi connectivity index (χ2n) is 6.23. The Bertz CT molecular complexity index is 283. The van der Waals surface area contributed by atoms with Crippen molar-refractivity contribution in [2.24, 2.45) is 0 Å². The Morgan fingerprint density at radius 3 is 2.53 bits per heavy atom. The number of hydrogen-bond acceptors (Lipinski definition) is 4. The van der Waals surface area contributed by atoms with E-state index in [-0.39, 0.29) is 23.7 Å². The lowest BCUT2D eigenvalue weighted by atomic mass is 10.1. The van der Waals surface area contributed by atoms with E-state index in [1.165, 1.54) is 0 Å². The molecule has 1 unspecified atom stereocenters. The normalized spacial score (nSPS) is 26.8. The Labute approximate surface area is 104 Å². The molecule has 1 aliphatic heterocycles. The quantitative estimate of drug-likeness (QED) is 0.623. The smallest absolute Gasteiger partial charge is 0.308 e. The van der Waals surface area contributed by atoms with E-state index in [0.717, 1.165) is 0 Å². The maximum Gasteiger partial charge on any atom is 0.308 e. The largest absolute Gasteiger partial charge is 0.460 e. The molecule has 0 spiro atoms. The summed E-state index contributed by atoms with van der Waals surface area (Å²) < 4.78 is 11.2. The van der Waals surface area contributed by atoms with Crippen molar-refractivity contribution < 1.29 is 19.1 Å². The first-order chi connectivity index (χ1) is 7.65. The highest BCUT2D eigenvalue weighted by Crippen LogP contribution is 2.38. The fourth-order valence-corrected chi connectivity index (χ4v) is 3.01. The molecule has 0 radical (unpaired) electrons. The van der Waals surface area contributed by atoms with E-state index in [2.05, 4.69) is 33.9 Å². The van der Waals surface area contributed by atoms with Crippen molar-refractivity contribution >= 4 is 14.3 Å². The molecule has 1 fully saturated rings. The van der Waals surface area contributed by atoms with Crippen molar-refractivity contribution in [1.82, 2.24) is 0 Å². The monoisotopic (exact) mass is 260 g/mol. The molecule has 0 amide bonds. The lowest BCUT2D eigenvalue weighted by Gasteiger charge is -2.41. The van der Waals surface area contributed by atoms with Crippen LogP contribution >= 0.6 is 0 Å². The number of esters is 1. The van der Waals surface area contributed by atoms with Crippen molar-refractivity contribution in [1.29, 1.82) is 0 Å². The molecule has 4 nitrogen and oxygen atoms in total. The van der Waals surface area contributed by atoms with Gasteiger partial charge in [0.1, 0.15) is 6.10 Å². The standard InChI is InChI=1S/C12H24O4Si/c1-12(2,3)17(4,5)16-9-6-10(8-13)15-11(14)7-9/h9-10,13H,6-8H2,1-5H3/t9?,10-/m0/s1. The van der Waals surface area contributed by atoms with Gasteiger partial charge in [-0.1, -0.05) is 20.8 Å². The van der Waals surface area contributed by atoms with Gasteiger partial charge in [0, 0.05) is 6.42 Å². The van der Waals surface area contributed by atoms with Crippen LogP contribution < -0.4 is 0 Å². The number of carbonyl (C=O) groups is 1. The molecule has 0 saturated carbocycles. The first kappa shape index (κ1) is 14.7. The average Bonchev–Trinajstić information content (AvgIpc) is 2.14. The molecule has 1 heterocycles.